The lowest BCUT2D eigenvalue weighted by molar-refractivity contribution is -0.118. The zero-order chi connectivity index (χ0) is 23.5. The van der Waals surface area contributed by atoms with Crippen molar-refractivity contribution >= 4 is 45.9 Å². The molecule has 4 rings (SSSR count). The summed E-state index contributed by atoms with van der Waals surface area (Å²) in [6, 6.07) is 2.46. The maximum atomic E-state index is 12.8. The summed E-state index contributed by atoms with van der Waals surface area (Å²) >= 11 is 2.61. The van der Waals surface area contributed by atoms with E-state index in [4.69, 9.17) is 4.74 Å². The number of hydrogen-bond donors (Lipinski definition) is 1. The first-order valence-corrected chi connectivity index (χ1v) is 13.0. The average Bonchev–Trinajstić information content (AvgIpc) is 3.21. The summed E-state index contributed by atoms with van der Waals surface area (Å²) in [6.45, 7) is 7.06. The van der Waals surface area contributed by atoms with Gasteiger partial charge in [-0.05, 0) is 45.1 Å². The molecule has 2 aromatic heterocycles. The van der Waals surface area contributed by atoms with Crippen LogP contribution >= 0.6 is 23.1 Å². The van der Waals surface area contributed by atoms with E-state index in [0.717, 1.165) is 43.5 Å². The Morgan fingerprint density at radius 3 is 2.76 bits per heavy atom. The van der Waals surface area contributed by atoms with Gasteiger partial charge in [-0.2, -0.15) is 5.26 Å². The molecule has 3 heterocycles. The molecule has 2 fully saturated rings. The fourth-order valence-electron chi connectivity index (χ4n) is 3.97. The van der Waals surface area contributed by atoms with E-state index in [1.165, 1.54) is 23.1 Å². The Labute approximate surface area is 201 Å². The summed E-state index contributed by atoms with van der Waals surface area (Å²) in [4.78, 5) is 26.8. The Morgan fingerprint density at radius 2 is 2.12 bits per heavy atom. The predicted molar refractivity (Wildman–Crippen MR) is 128 cm³/mol. The van der Waals surface area contributed by atoms with E-state index in [1.54, 1.807) is 4.90 Å². The Bertz CT molecular complexity index is 1080. The van der Waals surface area contributed by atoms with Crippen LogP contribution in [0.5, 0.6) is 0 Å². The van der Waals surface area contributed by atoms with Gasteiger partial charge in [0.2, 0.25) is 16.9 Å². The molecule has 2 aromatic rings. The summed E-state index contributed by atoms with van der Waals surface area (Å²) in [5, 5.41) is 21.6. The molecule has 1 saturated heterocycles. The zero-order valence-corrected chi connectivity index (χ0v) is 20.7. The lowest BCUT2D eigenvalue weighted by atomic mass is 10.2. The molecular formula is C22H28N6O3S2. The Balaban J connectivity index is 1.42. The van der Waals surface area contributed by atoms with Crippen LogP contribution in [0.3, 0.4) is 0 Å². The van der Waals surface area contributed by atoms with Crippen LogP contribution in [0.1, 0.15) is 55.8 Å². The van der Waals surface area contributed by atoms with Crippen molar-refractivity contribution in [3.63, 3.8) is 0 Å². The first-order valence-electron chi connectivity index (χ1n) is 11.2. The van der Waals surface area contributed by atoms with Crippen molar-refractivity contribution in [2.24, 2.45) is 0 Å². The van der Waals surface area contributed by atoms with Gasteiger partial charge in [-0.3, -0.25) is 14.5 Å². The summed E-state index contributed by atoms with van der Waals surface area (Å²) in [6.07, 6.45) is 4.49. The number of carbonyl (C=O) groups is 2. The van der Waals surface area contributed by atoms with Gasteiger partial charge in [-0.1, -0.05) is 30.0 Å². The number of carbonyl (C=O) groups excluding carboxylic acids is 2. The molecule has 0 spiro atoms. The smallest absolute Gasteiger partial charge is 0.235 e. The van der Waals surface area contributed by atoms with E-state index in [1.807, 2.05) is 25.3 Å². The lowest BCUT2D eigenvalue weighted by Gasteiger charge is -2.17. The molecule has 11 heteroatoms. The van der Waals surface area contributed by atoms with Crippen LogP contribution in [-0.2, 0) is 20.9 Å². The van der Waals surface area contributed by atoms with Gasteiger partial charge in [-0.15, -0.1) is 10.2 Å². The molecule has 176 valence electrons. The topological polar surface area (TPSA) is 113 Å². The number of nitriles is 1. The quantitative estimate of drug-likeness (QED) is 0.423. The summed E-state index contributed by atoms with van der Waals surface area (Å²) < 4.78 is 8.39. The molecule has 0 aromatic carbocycles. The van der Waals surface area contributed by atoms with Gasteiger partial charge in [0.05, 0.1) is 24.0 Å². The van der Waals surface area contributed by atoms with Crippen molar-refractivity contribution in [2.75, 3.05) is 22.6 Å². The van der Waals surface area contributed by atoms with Gasteiger partial charge < -0.3 is 14.6 Å². The van der Waals surface area contributed by atoms with Crippen molar-refractivity contribution < 1.29 is 14.3 Å². The minimum atomic E-state index is -0.219. The van der Waals surface area contributed by atoms with E-state index >= 15 is 0 Å². The summed E-state index contributed by atoms with van der Waals surface area (Å²) in [5.74, 6) is 0.487. The van der Waals surface area contributed by atoms with Crippen molar-refractivity contribution in [3.8, 4) is 6.07 Å². The molecule has 1 aliphatic carbocycles. The normalized spacial score (nSPS) is 17.7. The van der Waals surface area contributed by atoms with E-state index in [2.05, 4.69) is 21.6 Å². The number of nitrogens with zero attached hydrogens (tertiary/aromatic N) is 5. The van der Waals surface area contributed by atoms with Gasteiger partial charge in [0, 0.05) is 24.8 Å². The first kappa shape index (κ1) is 23.7. The number of rotatable bonds is 9. The molecule has 1 unspecified atom stereocenters. The minimum absolute atomic E-state index is 0.0460. The van der Waals surface area contributed by atoms with E-state index in [0.29, 0.717) is 33.8 Å². The number of aromatic nitrogens is 3. The van der Waals surface area contributed by atoms with Crippen molar-refractivity contribution in [3.05, 3.63) is 16.8 Å². The van der Waals surface area contributed by atoms with Crippen molar-refractivity contribution in [1.29, 1.82) is 5.26 Å². The van der Waals surface area contributed by atoms with Crippen molar-refractivity contribution in [2.45, 2.75) is 75.9 Å². The monoisotopic (exact) mass is 488 g/mol. The number of nitrogens with one attached hydrogen (secondary N) is 1. The van der Waals surface area contributed by atoms with Crippen LogP contribution in [0.2, 0.25) is 0 Å². The minimum Gasteiger partial charge on any atom is -0.376 e. The van der Waals surface area contributed by atoms with E-state index in [9.17, 15) is 14.9 Å². The second-order valence-corrected chi connectivity index (χ2v) is 10.5. The average molecular weight is 489 g/mol. The second kappa shape index (κ2) is 10.2. The van der Waals surface area contributed by atoms with Crippen LogP contribution in [0.4, 0.5) is 10.9 Å². The molecule has 2 amide bonds. The van der Waals surface area contributed by atoms with Gasteiger partial charge in [0.1, 0.15) is 11.9 Å². The Morgan fingerprint density at radius 1 is 1.33 bits per heavy atom. The van der Waals surface area contributed by atoms with E-state index in [-0.39, 0.29) is 29.7 Å². The molecule has 0 bridgehead atoms. The Hall–Kier alpha value is -2.42. The molecule has 9 nitrogen and oxygen atoms in total. The first-order chi connectivity index (χ1) is 15.9. The SMILES string of the molecule is CCC(=O)N(c1nnc(SCC(=O)Nc2c(C#N)c(C)c(C)n2CC2CCCO2)s1)C1CC1. The third-order valence-corrected chi connectivity index (χ3v) is 8.08. The summed E-state index contributed by atoms with van der Waals surface area (Å²) in [5.41, 5.74) is 2.31. The number of amides is 2. The van der Waals surface area contributed by atoms with Gasteiger partial charge >= 0.3 is 0 Å². The second-order valence-electron chi connectivity index (χ2n) is 8.33. The highest BCUT2D eigenvalue weighted by molar-refractivity contribution is 8.01. The molecule has 1 saturated carbocycles. The molecule has 1 N–H and O–H groups in total. The molecule has 2 aliphatic rings. The standard InChI is InChI=1S/C22H28N6O3S2/c1-4-19(30)28(15-7-8-15)21-25-26-22(33-21)32-12-18(29)24-20-17(10-23)13(2)14(3)27(20)11-16-6-5-9-31-16/h15-16H,4-9,11-12H2,1-3H3,(H,24,29). The molecule has 1 atom stereocenters. The Kier molecular flexibility index (Phi) is 7.36. The van der Waals surface area contributed by atoms with E-state index < -0.39 is 0 Å². The van der Waals surface area contributed by atoms with Crippen LogP contribution in [-0.4, -0.2) is 51.1 Å². The van der Waals surface area contributed by atoms with Crippen LogP contribution < -0.4 is 10.2 Å². The third kappa shape index (κ3) is 5.23. The molecule has 33 heavy (non-hydrogen) atoms. The predicted octanol–water partition coefficient (Wildman–Crippen LogP) is 3.64. The number of thioether (sulfide) groups is 1. The van der Waals surface area contributed by atoms with Crippen LogP contribution in [0.15, 0.2) is 4.34 Å². The molecular weight excluding hydrogens is 460 g/mol. The fraction of sp³-hybridized carbons (Fsp3) is 0.591. The molecule has 1 aliphatic heterocycles. The van der Waals surface area contributed by atoms with Gasteiger partial charge in [0.25, 0.3) is 0 Å². The zero-order valence-electron chi connectivity index (χ0n) is 19.1. The maximum absolute atomic E-state index is 12.8. The van der Waals surface area contributed by atoms with Gasteiger partial charge in [0.15, 0.2) is 4.34 Å². The largest absolute Gasteiger partial charge is 0.376 e. The summed E-state index contributed by atoms with van der Waals surface area (Å²) in [7, 11) is 0. The highest BCUT2D eigenvalue weighted by Crippen LogP contribution is 2.36. The highest BCUT2D eigenvalue weighted by Gasteiger charge is 2.35. The lowest BCUT2D eigenvalue weighted by Crippen LogP contribution is -2.32. The fourth-order valence-corrected chi connectivity index (χ4v) is 5.70. The van der Waals surface area contributed by atoms with Crippen molar-refractivity contribution in [1.82, 2.24) is 14.8 Å². The number of ether oxygens (including phenoxy) is 1. The van der Waals surface area contributed by atoms with Crippen LogP contribution in [0, 0.1) is 25.2 Å². The molecule has 0 radical (unpaired) electrons. The highest BCUT2D eigenvalue weighted by atomic mass is 32.2. The van der Waals surface area contributed by atoms with Gasteiger partial charge in [-0.25, -0.2) is 0 Å². The third-order valence-electron chi connectivity index (χ3n) is 6.02. The van der Waals surface area contributed by atoms with Crippen LogP contribution in [0.25, 0.3) is 0 Å². The maximum Gasteiger partial charge on any atom is 0.235 e. The number of hydrogen-bond acceptors (Lipinski definition) is 8. The number of anilines is 2.